The van der Waals surface area contributed by atoms with E-state index in [-0.39, 0.29) is 0 Å². The molecule has 0 aliphatic rings. The number of nitrogens with two attached hydrogens (primary N) is 1. The number of nitrogens with zero attached hydrogens (tertiary/aromatic N) is 2. The topological polar surface area (TPSA) is 42.1 Å². The number of hydrogen-bond donors (Lipinski definition) is 1. The van der Waals surface area contributed by atoms with E-state index in [0.29, 0.717) is 6.54 Å². The van der Waals surface area contributed by atoms with E-state index in [4.69, 9.17) is 5.73 Å². The average Bonchev–Trinajstić information content (AvgIpc) is 2.40. The summed E-state index contributed by atoms with van der Waals surface area (Å²) in [6.07, 6.45) is 0. The van der Waals surface area contributed by atoms with Gasteiger partial charge in [0.2, 0.25) is 0 Å². The van der Waals surface area contributed by atoms with E-state index in [2.05, 4.69) is 57.1 Å². The van der Waals surface area contributed by atoms with Crippen molar-refractivity contribution in [2.45, 2.75) is 26.9 Å². The Kier molecular flexibility index (Phi) is 4.78. The van der Waals surface area contributed by atoms with Crippen molar-refractivity contribution in [1.82, 2.24) is 4.98 Å². The summed E-state index contributed by atoms with van der Waals surface area (Å²) in [6.45, 7) is 5.38. The van der Waals surface area contributed by atoms with E-state index >= 15 is 0 Å². The summed E-state index contributed by atoms with van der Waals surface area (Å²) in [6, 6.07) is 10.4. The Balaban J connectivity index is 2.34. The molecular formula is C16H20BrN3. The van der Waals surface area contributed by atoms with Crippen LogP contribution in [0.2, 0.25) is 0 Å². The molecule has 20 heavy (non-hydrogen) atoms. The molecule has 1 aromatic carbocycles. The quantitative estimate of drug-likeness (QED) is 0.930. The van der Waals surface area contributed by atoms with Gasteiger partial charge in [0.05, 0.1) is 0 Å². The highest BCUT2D eigenvalue weighted by atomic mass is 79.9. The van der Waals surface area contributed by atoms with Crippen LogP contribution in [-0.2, 0) is 13.1 Å². The number of aryl methyl sites for hydroxylation is 2. The zero-order chi connectivity index (χ0) is 14.7. The summed E-state index contributed by atoms with van der Waals surface area (Å²) in [4.78, 5) is 6.72. The molecule has 2 aromatic rings. The van der Waals surface area contributed by atoms with Crippen molar-refractivity contribution in [3.05, 3.63) is 57.3 Å². The molecule has 0 saturated carbocycles. The minimum atomic E-state index is 0.509. The maximum absolute atomic E-state index is 5.89. The van der Waals surface area contributed by atoms with Crippen LogP contribution in [0.4, 0.5) is 5.69 Å². The molecule has 0 aliphatic heterocycles. The van der Waals surface area contributed by atoms with Crippen LogP contribution >= 0.6 is 15.9 Å². The third-order valence-corrected chi connectivity index (χ3v) is 4.19. The zero-order valence-electron chi connectivity index (χ0n) is 12.2. The number of benzene rings is 1. The summed E-state index contributed by atoms with van der Waals surface area (Å²) in [5.74, 6) is 0. The first-order chi connectivity index (χ1) is 9.52. The number of rotatable bonds is 4. The second kappa shape index (κ2) is 6.37. The maximum atomic E-state index is 5.89. The third kappa shape index (κ3) is 3.19. The van der Waals surface area contributed by atoms with Gasteiger partial charge in [-0.15, -0.1) is 0 Å². The lowest BCUT2D eigenvalue weighted by Crippen LogP contribution is -2.20. The van der Waals surface area contributed by atoms with Gasteiger partial charge < -0.3 is 10.6 Å². The molecule has 0 fully saturated rings. The van der Waals surface area contributed by atoms with E-state index in [1.807, 2.05) is 19.9 Å². The lowest BCUT2D eigenvalue weighted by atomic mass is 10.1. The summed E-state index contributed by atoms with van der Waals surface area (Å²) in [5.41, 5.74) is 11.5. The number of aromatic nitrogens is 1. The van der Waals surface area contributed by atoms with E-state index in [0.717, 1.165) is 33.7 Å². The summed E-state index contributed by atoms with van der Waals surface area (Å²) < 4.78 is 1.13. The number of pyridine rings is 1. The van der Waals surface area contributed by atoms with Crippen LogP contribution in [0.1, 0.15) is 22.5 Å². The van der Waals surface area contributed by atoms with Crippen LogP contribution < -0.4 is 10.6 Å². The maximum Gasteiger partial charge on any atom is 0.0448 e. The van der Waals surface area contributed by atoms with E-state index < -0.39 is 0 Å². The molecule has 0 radical (unpaired) electrons. The van der Waals surface area contributed by atoms with E-state index in [9.17, 15) is 0 Å². The smallest absolute Gasteiger partial charge is 0.0448 e. The van der Waals surface area contributed by atoms with Crippen LogP contribution in [0.15, 0.2) is 34.8 Å². The highest BCUT2D eigenvalue weighted by molar-refractivity contribution is 9.10. The summed E-state index contributed by atoms with van der Waals surface area (Å²) in [7, 11) is 2.09. The van der Waals surface area contributed by atoms with Gasteiger partial charge in [-0.25, -0.2) is 0 Å². The molecule has 1 heterocycles. The third-order valence-electron chi connectivity index (χ3n) is 3.42. The average molecular weight is 334 g/mol. The molecule has 106 valence electrons. The Morgan fingerprint density at radius 2 is 1.95 bits per heavy atom. The van der Waals surface area contributed by atoms with Crippen LogP contribution in [0.25, 0.3) is 0 Å². The molecule has 1 aromatic heterocycles. The van der Waals surface area contributed by atoms with Crippen LogP contribution in [0.5, 0.6) is 0 Å². The van der Waals surface area contributed by atoms with Gasteiger partial charge in [0.1, 0.15) is 0 Å². The van der Waals surface area contributed by atoms with Crippen LogP contribution in [0, 0.1) is 13.8 Å². The van der Waals surface area contributed by atoms with Crippen molar-refractivity contribution in [3.8, 4) is 0 Å². The molecule has 0 amide bonds. The molecule has 4 heteroatoms. The molecule has 2 N–H and O–H groups in total. The highest BCUT2D eigenvalue weighted by Gasteiger charge is 2.12. The van der Waals surface area contributed by atoms with Crippen molar-refractivity contribution in [2.24, 2.45) is 5.73 Å². The molecule has 0 atom stereocenters. The fourth-order valence-electron chi connectivity index (χ4n) is 2.39. The molecule has 0 unspecified atom stereocenters. The second-order valence-electron chi connectivity index (χ2n) is 5.00. The summed E-state index contributed by atoms with van der Waals surface area (Å²) in [5, 5.41) is 0. The summed E-state index contributed by atoms with van der Waals surface area (Å²) >= 11 is 3.60. The largest absolute Gasteiger partial charge is 0.370 e. The van der Waals surface area contributed by atoms with Crippen molar-refractivity contribution in [1.29, 1.82) is 0 Å². The van der Waals surface area contributed by atoms with Gasteiger partial charge in [-0.1, -0.05) is 34.1 Å². The number of halogens is 1. The Hall–Kier alpha value is -1.39. The van der Waals surface area contributed by atoms with Crippen LogP contribution in [0.3, 0.4) is 0 Å². The van der Waals surface area contributed by atoms with Crippen molar-refractivity contribution >= 4 is 21.6 Å². The second-order valence-corrected chi connectivity index (χ2v) is 5.85. The lowest BCUT2D eigenvalue weighted by molar-refractivity contribution is 0.882. The molecule has 0 saturated heterocycles. The SMILES string of the molecule is Cc1cc(N(C)Cc2ccccc2Br)c(CN)c(C)n1. The predicted molar refractivity (Wildman–Crippen MR) is 87.9 cm³/mol. The normalized spacial score (nSPS) is 10.7. The van der Waals surface area contributed by atoms with Gasteiger partial charge >= 0.3 is 0 Å². The Morgan fingerprint density at radius 3 is 2.60 bits per heavy atom. The Morgan fingerprint density at radius 1 is 1.25 bits per heavy atom. The van der Waals surface area contributed by atoms with E-state index in [1.165, 1.54) is 5.56 Å². The molecule has 0 aliphatic carbocycles. The van der Waals surface area contributed by atoms with Gasteiger partial charge in [0, 0.05) is 47.2 Å². The first-order valence-corrected chi connectivity index (χ1v) is 7.44. The molecule has 3 nitrogen and oxygen atoms in total. The lowest BCUT2D eigenvalue weighted by Gasteiger charge is -2.24. The van der Waals surface area contributed by atoms with Gasteiger partial charge in [0.15, 0.2) is 0 Å². The zero-order valence-corrected chi connectivity index (χ0v) is 13.7. The minimum Gasteiger partial charge on any atom is -0.370 e. The fraction of sp³-hybridized carbons (Fsp3) is 0.312. The van der Waals surface area contributed by atoms with Gasteiger partial charge in [-0.3, -0.25) is 4.98 Å². The predicted octanol–water partition coefficient (Wildman–Crippen LogP) is 3.56. The van der Waals surface area contributed by atoms with E-state index in [1.54, 1.807) is 0 Å². The number of hydrogen-bond acceptors (Lipinski definition) is 3. The van der Waals surface area contributed by atoms with Gasteiger partial charge in [-0.05, 0) is 31.5 Å². The fourth-order valence-corrected chi connectivity index (χ4v) is 2.80. The molecule has 2 rings (SSSR count). The highest BCUT2D eigenvalue weighted by Crippen LogP contribution is 2.26. The molecular weight excluding hydrogens is 314 g/mol. The standard InChI is InChI=1S/C16H20BrN3/c1-11-8-16(14(9-18)12(2)19-11)20(3)10-13-6-4-5-7-15(13)17/h4-8H,9-10,18H2,1-3H3. The Labute approximate surface area is 129 Å². The first-order valence-electron chi connectivity index (χ1n) is 6.64. The van der Waals surface area contributed by atoms with Crippen LogP contribution in [-0.4, -0.2) is 12.0 Å². The Bertz CT molecular complexity index is 611. The van der Waals surface area contributed by atoms with Crippen molar-refractivity contribution < 1.29 is 0 Å². The molecule has 0 spiro atoms. The monoisotopic (exact) mass is 333 g/mol. The first kappa shape index (κ1) is 15.0. The van der Waals surface area contributed by atoms with Gasteiger partial charge in [0.25, 0.3) is 0 Å². The number of anilines is 1. The van der Waals surface area contributed by atoms with Crippen molar-refractivity contribution in [2.75, 3.05) is 11.9 Å². The molecule has 0 bridgehead atoms. The van der Waals surface area contributed by atoms with Crippen molar-refractivity contribution in [3.63, 3.8) is 0 Å². The minimum absolute atomic E-state index is 0.509. The van der Waals surface area contributed by atoms with Gasteiger partial charge in [-0.2, -0.15) is 0 Å².